The maximum absolute atomic E-state index is 13.7. The van der Waals surface area contributed by atoms with Crippen LogP contribution in [0.1, 0.15) is 19.9 Å². The van der Waals surface area contributed by atoms with Crippen molar-refractivity contribution < 1.29 is 9.13 Å². The number of ether oxygens (including phenoxy) is 1. The number of rotatable bonds is 2. The molecule has 0 spiro atoms. The molecule has 0 aliphatic heterocycles. The monoisotopic (exact) mass is 242 g/mol. The van der Waals surface area contributed by atoms with Crippen molar-refractivity contribution >= 4 is 22.6 Å². The van der Waals surface area contributed by atoms with Crippen molar-refractivity contribution in [2.45, 2.75) is 19.9 Å². The summed E-state index contributed by atoms with van der Waals surface area (Å²) in [7, 11) is 1.50. The van der Waals surface area contributed by atoms with Crippen LogP contribution in [-0.4, -0.2) is 16.7 Å². The van der Waals surface area contributed by atoms with Gasteiger partial charge in [-0.05, 0) is 25.4 Å². The van der Waals surface area contributed by atoms with Crippen molar-refractivity contribution in [1.29, 1.82) is 0 Å². The second-order valence-corrected chi connectivity index (χ2v) is 4.16. The maximum Gasteiger partial charge on any atom is 0.204 e. The first kappa shape index (κ1) is 11.2. The van der Waals surface area contributed by atoms with Crippen LogP contribution in [0.25, 0.3) is 11.0 Å². The zero-order valence-corrected chi connectivity index (χ0v) is 10.0. The van der Waals surface area contributed by atoms with E-state index in [0.29, 0.717) is 11.3 Å². The van der Waals surface area contributed by atoms with Gasteiger partial charge in [0.15, 0.2) is 5.82 Å². The third-order valence-electron chi connectivity index (χ3n) is 2.43. The van der Waals surface area contributed by atoms with E-state index in [0.717, 1.165) is 0 Å². The van der Waals surface area contributed by atoms with Crippen LogP contribution in [-0.2, 0) is 0 Å². The first-order valence-electron chi connectivity index (χ1n) is 4.95. The molecule has 0 aliphatic carbocycles. The summed E-state index contributed by atoms with van der Waals surface area (Å²) in [5, 5.41) is 0.289. The highest BCUT2D eigenvalue weighted by atomic mass is 35.5. The van der Waals surface area contributed by atoms with Crippen molar-refractivity contribution in [1.82, 2.24) is 9.55 Å². The highest BCUT2D eigenvalue weighted by Gasteiger charge is 2.16. The van der Waals surface area contributed by atoms with E-state index >= 15 is 0 Å². The minimum absolute atomic E-state index is 0.115. The number of halogens is 2. The molecule has 1 aromatic carbocycles. The van der Waals surface area contributed by atoms with E-state index in [4.69, 9.17) is 16.3 Å². The Morgan fingerprint density at radius 3 is 2.69 bits per heavy atom. The normalized spacial score (nSPS) is 11.4. The first-order valence-corrected chi connectivity index (χ1v) is 5.33. The Morgan fingerprint density at radius 1 is 1.44 bits per heavy atom. The number of hydrogen-bond donors (Lipinski definition) is 0. The van der Waals surface area contributed by atoms with Gasteiger partial charge in [0.2, 0.25) is 5.28 Å². The predicted octanol–water partition coefficient (Wildman–Crippen LogP) is 3.42. The van der Waals surface area contributed by atoms with Gasteiger partial charge >= 0.3 is 0 Å². The highest BCUT2D eigenvalue weighted by molar-refractivity contribution is 6.29. The van der Waals surface area contributed by atoms with Crippen LogP contribution in [0.15, 0.2) is 12.1 Å². The van der Waals surface area contributed by atoms with E-state index < -0.39 is 5.82 Å². The van der Waals surface area contributed by atoms with Crippen molar-refractivity contribution in [2.75, 3.05) is 7.11 Å². The lowest BCUT2D eigenvalue weighted by molar-refractivity contribution is 0.412. The van der Waals surface area contributed by atoms with Gasteiger partial charge in [0, 0.05) is 18.2 Å². The Morgan fingerprint density at radius 2 is 2.12 bits per heavy atom. The van der Waals surface area contributed by atoms with Crippen molar-refractivity contribution in [3.8, 4) is 5.75 Å². The zero-order chi connectivity index (χ0) is 11.9. The van der Waals surface area contributed by atoms with Gasteiger partial charge in [0.1, 0.15) is 11.3 Å². The molecule has 2 rings (SSSR count). The van der Waals surface area contributed by atoms with Gasteiger partial charge in [-0.1, -0.05) is 0 Å². The molecule has 86 valence electrons. The summed E-state index contributed by atoms with van der Waals surface area (Å²) in [5.41, 5.74) is 0.927. The first-order chi connectivity index (χ1) is 7.54. The second kappa shape index (κ2) is 3.94. The van der Waals surface area contributed by atoms with E-state index in [1.165, 1.54) is 13.2 Å². The largest absolute Gasteiger partial charge is 0.497 e. The number of imidazole rings is 1. The summed E-state index contributed by atoms with van der Waals surface area (Å²) >= 11 is 5.97. The summed E-state index contributed by atoms with van der Waals surface area (Å²) in [6.07, 6.45) is 0. The van der Waals surface area contributed by atoms with E-state index in [-0.39, 0.29) is 16.8 Å². The van der Waals surface area contributed by atoms with E-state index in [1.54, 1.807) is 10.6 Å². The zero-order valence-electron chi connectivity index (χ0n) is 9.29. The molecular weight excluding hydrogens is 231 g/mol. The summed E-state index contributed by atoms with van der Waals surface area (Å²) in [6, 6.07) is 3.15. The standard InChI is InChI=1S/C11H12ClFN2O/c1-6(2)15-9-5-7(16-3)4-8(13)10(9)14-11(15)12/h4-6H,1-3H3. The number of aromatic nitrogens is 2. The van der Waals surface area contributed by atoms with Crippen LogP contribution in [0.5, 0.6) is 5.75 Å². The molecule has 0 bridgehead atoms. The van der Waals surface area contributed by atoms with Crippen molar-refractivity contribution in [2.24, 2.45) is 0 Å². The molecule has 16 heavy (non-hydrogen) atoms. The average Bonchev–Trinajstić information content (AvgIpc) is 2.54. The fraction of sp³-hybridized carbons (Fsp3) is 0.364. The van der Waals surface area contributed by atoms with E-state index in [2.05, 4.69) is 4.98 Å². The Bertz CT molecular complexity index is 536. The SMILES string of the molecule is COc1cc(F)c2nc(Cl)n(C(C)C)c2c1. The molecule has 0 radical (unpaired) electrons. The van der Waals surface area contributed by atoms with Crippen molar-refractivity contribution in [3.63, 3.8) is 0 Å². The molecular formula is C11H12ClFN2O. The molecule has 5 heteroatoms. The molecule has 0 atom stereocenters. The lowest BCUT2D eigenvalue weighted by atomic mass is 10.2. The summed E-state index contributed by atoms with van der Waals surface area (Å²) in [6.45, 7) is 3.93. The third kappa shape index (κ3) is 1.63. The van der Waals surface area contributed by atoms with Crippen molar-refractivity contribution in [3.05, 3.63) is 23.2 Å². The van der Waals surface area contributed by atoms with Crippen LogP contribution in [0, 0.1) is 5.82 Å². The molecule has 0 aliphatic rings. The number of methoxy groups -OCH3 is 1. The van der Waals surface area contributed by atoms with Gasteiger partial charge in [-0.3, -0.25) is 0 Å². The van der Waals surface area contributed by atoms with Gasteiger partial charge in [0.25, 0.3) is 0 Å². The Kier molecular flexibility index (Phi) is 2.76. The molecule has 1 aromatic heterocycles. The number of fused-ring (bicyclic) bond motifs is 1. The summed E-state index contributed by atoms with van der Waals surface area (Å²) in [4.78, 5) is 4.01. The quantitative estimate of drug-likeness (QED) is 0.807. The van der Waals surface area contributed by atoms with Gasteiger partial charge in [-0.15, -0.1) is 0 Å². The van der Waals surface area contributed by atoms with Crippen LogP contribution < -0.4 is 4.74 Å². The van der Waals surface area contributed by atoms with E-state index in [9.17, 15) is 4.39 Å². The average molecular weight is 243 g/mol. The smallest absolute Gasteiger partial charge is 0.204 e. The van der Waals surface area contributed by atoms with Gasteiger partial charge in [-0.25, -0.2) is 9.37 Å². The maximum atomic E-state index is 13.7. The summed E-state index contributed by atoms with van der Waals surface area (Å²) < 4.78 is 20.5. The minimum atomic E-state index is -0.421. The predicted molar refractivity (Wildman–Crippen MR) is 61.6 cm³/mol. The topological polar surface area (TPSA) is 27.1 Å². The fourth-order valence-electron chi connectivity index (χ4n) is 1.71. The van der Waals surface area contributed by atoms with E-state index in [1.807, 2.05) is 13.8 Å². The van der Waals surface area contributed by atoms with Crippen LogP contribution >= 0.6 is 11.6 Å². The Labute approximate surface area is 97.8 Å². The lowest BCUT2D eigenvalue weighted by Gasteiger charge is -2.10. The molecule has 0 fully saturated rings. The highest BCUT2D eigenvalue weighted by Crippen LogP contribution is 2.29. The molecule has 3 nitrogen and oxygen atoms in total. The number of hydrogen-bond acceptors (Lipinski definition) is 2. The molecule has 0 amide bonds. The molecule has 0 saturated carbocycles. The van der Waals surface area contributed by atoms with Gasteiger partial charge in [0.05, 0.1) is 12.6 Å². The fourth-order valence-corrected chi connectivity index (χ4v) is 2.08. The molecule has 1 heterocycles. The third-order valence-corrected chi connectivity index (χ3v) is 2.70. The molecule has 2 aromatic rings. The minimum Gasteiger partial charge on any atom is -0.497 e. The van der Waals surface area contributed by atoms with Gasteiger partial charge < -0.3 is 9.30 Å². The molecule has 0 N–H and O–H groups in total. The van der Waals surface area contributed by atoms with Crippen LogP contribution in [0.2, 0.25) is 5.28 Å². The number of nitrogens with zero attached hydrogens (tertiary/aromatic N) is 2. The Balaban J connectivity index is 2.81. The Hall–Kier alpha value is -1.29. The molecule has 0 unspecified atom stereocenters. The summed E-state index contributed by atoms with van der Waals surface area (Å²) in [5.74, 6) is 0.0408. The van der Waals surface area contributed by atoms with Gasteiger partial charge in [-0.2, -0.15) is 0 Å². The van der Waals surface area contributed by atoms with Crippen LogP contribution in [0.3, 0.4) is 0 Å². The van der Waals surface area contributed by atoms with Crippen LogP contribution in [0.4, 0.5) is 4.39 Å². The molecule has 0 saturated heterocycles. The lowest BCUT2D eigenvalue weighted by Crippen LogP contribution is -2.00. The number of benzene rings is 1. The second-order valence-electron chi connectivity index (χ2n) is 3.82.